The second kappa shape index (κ2) is 1.94. The van der Waals surface area contributed by atoms with Crippen molar-refractivity contribution < 1.29 is 10.2 Å². The van der Waals surface area contributed by atoms with Gasteiger partial charge in [0, 0.05) is 11.8 Å². The average Bonchev–Trinajstić information content (AvgIpc) is 2.12. The van der Waals surface area contributed by atoms with Crippen molar-refractivity contribution in [1.82, 2.24) is 10.2 Å². The van der Waals surface area contributed by atoms with Gasteiger partial charge in [-0.1, -0.05) is 0 Å². The Balaban J connectivity index is 2.77. The normalized spacial score (nSPS) is 10.4. The zero-order valence-corrected chi connectivity index (χ0v) is 4.07. The maximum atomic E-state index is 8.41. The molecule has 0 aromatic carbocycles. The first-order valence-corrected chi connectivity index (χ1v) is 2.15. The molecule has 8 heavy (non-hydrogen) atoms. The first-order chi connectivity index (χ1) is 3.80. The molecule has 0 radical (unpaired) electrons. The van der Waals surface area contributed by atoms with Crippen molar-refractivity contribution in [3.8, 4) is 0 Å². The van der Waals surface area contributed by atoms with Gasteiger partial charge < -0.3 is 10.2 Å². The third-order valence-electron chi connectivity index (χ3n) is 0.818. The molecule has 44 valence electrons. The van der Waals surface area contributed by atoms with E-state index in [0.29, 0.717) is 5.56 Å². The average molecular weight is 114 g/mol. The van der Waals surface area contributed by atoms with Crippen LogP contribution in [0.15, 0.2) is 12.4 Å². The predicted molar refractivity (Wildman–Crippen MR) is 25.8 cm³/mol. The molecule has 0 amide bonds. The number of aromatic nitrogens is 2. The van der Waals surface area contributed by atoms with Crippen molar-refractivity contribution in [1.29, 1.82) is 0 Å². The van der Waals surface area contributed by atoms with E-state index in [1.54, 1.807) is 0 Å². The minimum atomic E-state index is -1.41. The lowest BCUT2D eigenvalue weighted by molar-refractivity contribution is -0.0424. The van der Waals surface area contributed by atoms with E-state index in [-0.39, 0.29) is 0 Å². The van der Waals surface area contributed by atoms with Gasteiger partial charge in [-0.25, -0.2) is 0 Å². The van der Waals surface area contributed by atoms with Gasteiger partial charge in [0.05, 0.1) is 6.20 Å². The second-order valence-corrected chi connectivity index (χ2v) is 1.41. The Labute approximate surface area is 45.8 Å². The fourth-order valence-corrected chi connectivity index (χ4v) is 0.402. The van der Waals surface area contributed by atoms with Crippen LogP contribution < -0.4 is 0 Å². The van der Waals surface area contributed by atoms with E-state index in [2.05, 4.69) is 10.2 Å². The van der Waals surface area contributed by atoms with Crippen molar-refractivity contribution in [2.45, 2.75) is 6.29 Å². The molecule has 4 heteroatoms. The van der Waals surface area contributed by atoms with Gasteiger partial charge in [-0.3, -0.25) is 5.10 Å². The van der Waals surface area contributed by atoms with E-state index in [9.17, 15) is 0 Å². The van der Waals surface area contributed by atoms with E-state index in [4.69, 9.17) is 10.2 Å². The maximum absolute atomic E-state index is 8.41. The Morgan fingerprint density at radius 3 is 2.62 bits per heavy atom. The summed E-state index contributed by atoms with van der Waals surface area (Å²) in [6, 6.07) is 0. The van der Waals surface area contributed by atoms with Gasteiger partial charge in [-0.05, 0) is 0 Å². The topological polar surface area (TPSA) is 69.1 Å². The molecule has 0 aliphatic rings. The highest BCUT2D eigenvalue weighted by Gasteiger charge is 1.99. The molecule has 3 N–H and O–H groups in total. The van der Waals surface area contributed by atoms with Crippen molar-refractivity contribution in [2.24, 2.45) is 0 Å². The van der Waals surface area contributed by atoms with Crippen LogP contribution in [0.4, 0.5) is 0 Å². The van der Waals surface area contributed by atoms with Gasteiger partial charge in [0.15, 0.2) is 6.29 Å². The molecule has 0 aliphatic heterocycles. The fourth-order valence-electron chi connectivity index (χ4n) is 0.402. The maximum Gasteiger partial charge on any atom is 0.181 e. The van der Waals surface area contributed by atoms with Crippen molar-refractivity contribution in [2.75, 3.05) is 0 Å². The van der Waals surface area contributed by atoms with Gasteiger partial charge >= 0.3 is 0 Å². The summed E-state index contributed by atoms with van der Waals surface area (Å²) in [4.78, 5) is 0. The molecule has 0 aliphatic carbocycles. The molecule has 1 rings (SSSR count). The van der Waals surface area contributed by atoms with Crippen LogP contribution in [0.3, 0.4) is 0 Å². The summed E-state index contributed by atoms with van der Waals surface area (Å²) >= 11 is 0. The summed E-state index contributed by atoms with van der Waals surface area (Å²) in [5.41, 5.74) is 0.380. The monoisotopic (exact) mass is 114 g/mol. The molecular weight excluding hydrogens is 108 g/mol. The molecule has 1 aromatic heterocycles. The minimum Gasteiger partial charge on any atom is -0.364 e. The number of aromatic amines is 1. The molecule has 0 fully saturated rings. The van der Waals surface area contributed by atoms with E-state index in [1.165, 1.54) is 12.4 Å². The zero-order valence-electron chi connectivity index (χ0n) is 4.07. The molecule has 4 nitrogen and oxygen atoms in total. The van der Waals surface area contributed by atoms with Gasteiger partial charge in [0.1, 0.15) is 0 Å². The van der Waals surface area contributed by atoms with Crippen molar-refractivity contribution in [3.63, 3.8) is 0 Å². The Kier molecular flexibility index (Phi) is 1.27. The van der Waals surface area contributed by atoms with Crippen LogP contribution in [-0.4, -0.2) is 20.4 Å². The minimum absolute atomic E-state index is 0.380. The molecule has 0 saturated carbocycles. The van der Waals surface area contributed by atoms with Gasteiger partial charge in [-0.2, -0.15) is 5.10 Å². The number of H-pyrrole nitrogens is 1. The first kappa shape index (κ1) is 5.27. The Morgan fingerprint density at radius 2 is 2.38 bits per heavy atom. The van der Waals surface area contributed by atoms with Crippen LogP contribution in [0.25, 0.3) is 0 Å². The highest BCUT2D eigenvalue weighted by Crippen LogP contribution is 2.03. The van der Waals surface area contributed by atoms with Crippen LogP contribution in [0.2, 0.25) is 0 Å². The van der Waals surface area contributed by atoms with E-state index in [0.717, 1.165) is 0 Å². The molecule has 1 heterocycles. The highest BCUT2D eigenvalue weighted by molar-refractivity contribution is 5.02. The van der Waals surface area contributed by atoms with Crippen LogP contribution >= 0.6 is 0 Å². The lowest BCUT2D eigenvalue weighted by atomic mass is 10.4. The number of hydrogen-bond donors (Lipinski definition) is 3. The van der Waals surface area contributed by atoms with Crippen LogP contribution in [0, 0.1) is 0 Å². The Hall–Kier alpha value is -0.870. The highest BCUT2D eigenvalue weighted by atomic mass is 16.5. The van der Waals surface area contributed by atoms with Crippen LogP contribution in [0.5, 0.6) is 0 Å². The number of aliphatic hydroxyl groups excluding tert-OH is 1. The molecule has 0 bridgehead atoms. The fraction of sp³-hybridized carbons (Fsp3) is 0.250. The third kappa shape index (κ3) is 0.853. The summed E-state index contributed by atoms with van der Waals surface area (Å²) in [7, 11) is 0. The number of aliphatic hydroxyl groups is 2. The number of rotatable bonds is 1. The van der Waals surface area contributed by atoms with Crippen molar-refractivity contribution in [3.05, 3.63) is 18.0 Å². The van der Waals surface area contributed by atoms with E-state index < -0.39 is 6.29 Å². The number of nitrogens with one attached hydrogen (secondary N) is 1. The Morgan fingerprint density at radius 1 is 1.62 bits per heavy atom. The molecular formula is C4H6N2O2. The summed E-state index contributed by atoms with van der Waals surface area (Å²) in [5.74, 6) is 0. The lowest BCUT2D eigenvalue weighted by Gasteiger charge is -1.93. The van der Waals surface area contributed by atoms with Gasteiger partial charge in [0.25, 0.3) is 0 Å². The van der Waals surface area contributed by atoms with Gasteiger partial charge in [0.2, 0.25) is 0 Å². The zero-order chi connectivity index (χ0) is 5.98. The molecule has 1 aromatic rings. The van der Waals surface area contributed by atoms with Crippen LogP contribution in [0.1, 0.15) is 11.9 Å². The van der Waals surface area contributed by atoms with E-state index in [1.807, 2.05) is 0 Å². The lowest BCUT2D eigenvalue weighted by Crippen LogP contribution is -1.90. The SMILES string of the molecule is OC(O)c1cn[nH]c1. The quantitative estimate of drug-likeness (QED) is 0.427. The summed E-state index contributed by atoms with van der Waals surface area (Å²) in [6.45, 7) is 0. The van der Waals surface area contributed by atoms with E-state index >= 15 is 0 Å². The smallest absolute Gasteiger partial charge is 0.181 e. The molecule has 0 unspecified atom stereocenters. The summed E-state index contributed by atoms with van der Waals surface area (Å²) in [6.07, 6.45) is 1.36. The molecule has 0 saturated heterocycles. The largest absolute Gasteiger partial charge is 0.364 e. The summed E-state index contributed by atoms with van der Waals surface area (Å²) < 4.78 is 0. The third-order valence-corrected chi connectivity index (χ3v) is 0.818. The number of nitrogens with zero attached hydrogens (tertiary/aromatic N) is 1. The summed E-state index contributed by atoms with van der Waals surface area (Å²) in [5, 5.41) is 22.8. The first-order valence-electron chi connectivity index (χ1n) is 2.15. The predicted octanol–water partition coefficient (Wildman–Crippen LogP) is -0.607. The molecule has 0 spiro atoms. The second-order valence-electron chi connectivity index (χ2n) is 1.41. The van der Waals surface area contributed by atoms with Crippen molar-refractivity contribution >= 4 is 0 Å². The van der Waals surface area contributed by atoms with Gasteiger partial charge in [-0.15, -0.1) is 0 Å². The Bertz CT molecular complexity index is 147. The van der Waals surface area contributed by atoms with Crippen LogP contribution in [-0.2, 0) is 0 Å². The number of hydrogen-bond acceptors (Lipinski definition) is 3. The molecule has 0 atom stereocenters. The standard InChI is InChI=1S/C4H6N2O2/c7-4(8)3-1-5-6-2-3/h1-2,4,7-8H,(H,5,6).